The molecule has 1 heterocycles. The van der Waals surface area contributed by atoms with E-state index in [-0.39, 0.29) is 12.0 Å². The van der Waals surface area contributed by atoms with Crippen molar-refractivity contribution in [2.24, 2.45) is 11.7 Å². The number of carbonyl (C=O) groups is 1. The van der Waals surface area contributed by atoms with Crippen molar-refractivity contribution in [3.63, 3.8) is 0 Å². The molecule has 0 aromatic heterocycles. The number of amides is 1. The molecule has 2 unspecified atom stereocenters. The summed E-state index contributed by atoms with van der Waals surface area (Å²) in [5.41, 5.74) is 5.89. The summed E-state index contributed by atoms with van der Waals surface area (Å²) < 4.78 is 4.95. The highest BCUT2D eigenvalue weighted by molar-refractivity contribution is 5.81. The fraction of sp³-hybridized carbons (Fsp3) is 0.923. The first-order valence-corrected chi connectivity index (χ1v) is 6.77. The lowest BCUT2D eigenvalue weighted by Crippen LogP contribution is -2.48. The molecule has 0 bridgehead atoms. The van der Waals surface area contributed by atoms with Crippen LogP contribution in [0.5, 0.6) is 0 Å². The van der Waals surface area contributed by atoms with Gasteiger partial charge in [-0.2, -0.15) is 0 Å². The molecule has 5 nitrogen and oxygen atoms in total. The molecule has 3 N–H and O–H groups in total. The molecule has 18 heavy (non-hydrogen) atoms. The number of nitrogens with zero attached hydrogens (tertiary/aromatic N) is 1. The van der Waals surface area contributed by atoms with Crippen LogP contribution in [0, 0.1) is 5.92 Å². The first kappa shape index (κ1) is 15.4. The van der Waals surface area contributed by atoms with Crippen molar-refractivity contribution < 1.29 is 14.6 Å². The second kappa shape index (κ2) is 7.71. The first-order valence-electron chi connectivity index (χ1n) is 6.77. The van der Waals surface area contributed by atoms with E-state index in [1.165, 1.54) is 0 Å². The standard InChI is InChI=1S/C13H26N2O3/c1-10(16)11-5-7-15(8-6-11)13(17)12(14)4-3-9-18-2/h10-12,16H,3-9,14H2,1-2H3. The minimum atomic E-state index is -0.414. The highest BCUT2D eigenvalue weighted by Gasteiger charge is 2.27. The number of methoxy groups -OCH3 is 1. The van der Waals surface area contributed by atoms with Gasteiger partial charge in [-0.15, -0.1) is 0 Å². The average Bonchev–Trinajstić information content (AvgIpc) is 2.38. The van der Waals surface area contributed by atoms with E-state index in [0.29, 0.717) is 32.0 Å². The van der Waals surface area contributed by atoms with Crippen LogP contribution in [0.3, 0.4) is 0 Å². The van der Waals surface area contributed by atoms with Gasteiger partial charge in [0.2, 0.25) is 5.91 Å². The summed E-state index contributed by atoms with van der Waals surface area (Å²) in [5.74, 6) is 0.355. The largest absolute Gasteiger partial charge is 0.393 e. The minimum Gasteiger partial charge on any atom is -0.393 e. The lowest BCUT2D eigenvalue weighted by atomic mass is 9.92. The van der Waals surface area contributed by atoms with Gasteiger partial charge < -0.3 is 20.5 Å². The summed E-state index contributed by atoms with van der Waals surface area (Å²) >= 11 is 0. The summed E-state index contributed by atoms with van der Waals surface area (Å²) in [4.78, 5) is 13.9. The van der Waals surface area contributed by atoms with E-state index in [0.717, 1.165) is 19.3 Å². The Morgan fingerprint density at radius 1 is 1.50 bits per heavy atom. The Bertz CT molecular complexity index is 251. The number of nitrogens with two attached hydrogens (primary N) is 1. The molecule has 1 amide bonds. The average molecular weight is 258 g/mol. The Morgan fingerprint density at radius 3 is 2.61 bits per heavy atom. The van der Waals surface area contributed by atoms with Crippen LogP contribution < -0.4 is 5.73 Å². The Labute approximate surface area is 109 Å². The van der Waals surface area contributed by atoms with Gasteiger partial charge in [-0.3, -0.25) is 4.79 Å². The number of rotatable bonds is 6. The number of aliphatic hydroxyl groups is 1. The van der Waals surface area contributed by atoms with Crippen LogP contribution in [0.4, 0.5) is 0 Å². The quantitative estimate of drug-likeness (QED) is 0.675. The third kappa shape index (κ3) is 4.55. The molecular weight excluding hydrogens is 232 g/mol. The zero-order valence-electron chi connectivity index (χ0n) is 11.5. The number of carbonyl (C=O) groups excluding carboxylic acids is 1. The van der Waals surface area contributed by atoms with E-state index in [9.17, 15) is 9.90 Å². The van der Waals surface area contributed by atoms with E-state index in [2.05, 4.69) is 0 Å². The van der Waals surface area contributed by atoms with E-state index in [4.69, 9.17) is 10.5 Å². The van der Waals surface area contributed by atoms with Crippen LogP contribution >= 0.6 is 0 Å². The molecular formula is C13H26N2O3. The lowest BCUT2D eigenvalue weighted by Gasteiger charge is -2.34. The van der Waals surface area contributed by atoms with Crippen molar-refractivity contribution in [2.75, 3.05) is 26.8 Å². The second-order valence-electron chi connectivity index (χ2n) is 5.14. The molecule has 1 fully saturated rings. The van der Waals surface area contributed by atoms with Crippen LogP contribution in [0.15, 0.2) is 0 Å². The van der Waals surface area contributed by atoms with Crippen LogP contribution in [0.1, 0.15) is 32.6 Å². The van der Waals surface area contributed by atoms with Gasteiger partial charge in [-0.25, -0.2) is 0 Å². The van der Waals surface area contributed by atoms with Gasteiger partial charge >= 0.3 is 0 Å². The number of piperidine rings is 1. The van der Waals surface area contributed by atoms with Crippen molar-refractivity contribution in [1.29, 1.82) is 0 Å². The van der Waals surface area contributed by atoms with Crippen LogP contribution in [0.25, 0.3) is 0 Å². The van der Waals surface area contributed by atoms with Gasteiger partial charge in [0.05, 0.1) is 12.1 Å². The van der Waals surface area contributed by atoms with E-state index >= 15 is 0 Å². The maximum atomic E-state index is 12.1. The molecule has 0 aromatic carbocycles. The monoisotopic (exact) mass is 258 g/mol. The fourth-order valence-electron chi connectivity index (χ4n) is 2.41. The number of hydrogen-bond acceptors (Lipinski definition) is 4. The summed E-state index contributed by atoms with van der Waals surface area (Å²) in [5, 5.41) is 9.51. The summed E-state index contributed by atoms with van der Waals surface area (Å²) in [6.45, 7) is 3.89. The van der Waals surface area contributed by atoms with Gasteiger partial charge in [0.25, 0.3) is 0 Å². The summed E-state index contributed by atoms with van der Waals surface area (Å²) in [6.07, 6.45) is 2.94. The summed E-state index contributed by atoms with van der Waals surface area (Å²) in [7, 11) is 1.65. The smallest absolute Gasteiger partial charge is 0.239 e. The first-order chi connectivity index (χ1) is 8.56. The van der Waals surface area contributed by atoms with Crippen molar-refractivity contribution >= 4 is 5.91 Å². The Balaban J connectivity index is 2.30. The topological polar surface area (TPSA) is 75.8 Å². The molecule has 5 heteroatoms. The summed E-state index contributed by atoms with van der Waals surface area (Å²) in [6, 6.07) is -0.414. The Hall–Kier alpha value is -0.650. The van der Waals surface area contributed by atoms with Crippen LogP contribution in [-0.2, 0) is 9.53 Å². The molecule has 0 aromatic rings. The number of aliphatic hydroxyl groups excluding tert-OH is 1. The van der Waals surface area contributed by atoms with Gasteiger partial charge in [-0.1, -0.05) is 0 Å². The molecule has 1 saturated heterocycles. The van der Waals surface area contributed by atoms with Crippen molar-refractivity contribution in [2.45, 2.75) is 44.8 Å². The van der Waals surface area contributed by atoms with E-state index in [1.807, 2.05) is 11.8 Å². The van der Waals surface area contributed by atoms with Crippen LogP contribution in [0.2, 0.25) is 0 Å². The molecule has 0 spiro atoms. The predicted octanol–water partition coefficient (Wildman–Crippen LogP) is 0.360. The van der Waals surface area contributed by atoms with Gasteiger partial charge in [0.15, 0.2) is 0 Å². The maximum Gasteiger partial charge on any atom is 0.239 e. The predicted molar refractivity (Wildman–Crippen MR) is 70.1 cm³/mol. The molecule has 106 valence electrons. The van der Waals surface area contributed by atoms with Gasteiger partial charge in [0.1, 0.15) is 0 Å². The third-order valence-corrected chi connectivity index (χ3v) is 3.71. The van der Waals surface area contributed by atoms with E-state index < -0.39 is 6.04 Å². The van der Waals surface area contributed by atoms with Gasteiger partial charge in [0, 0.05) is 26.8 Å². The molecule has 2 atom stereocenters. The maximum absolute atomic E-state index is 12.1. The fourth-order valence-corrected chi connectivity index (χ4v) is 2.41. The number of hydrogen-bond donors (Lipinski definition) is 2. The third-order valence-electron chi connectivity index (χ3n) is 3.71. The number of ether oxygens (including phenoxy) is 1. The molecule has 0 aliphatic carbocycles. The zero-order chi connectivity index (χ0) is 13.5. The SMILES string of the molecule is COCCCC(N)C(=O)N1CCC(C(C)O)CC1. The highest BCUT2D eigenvalue weighted by Crippen LogP contribution is 2.21. The number of likely N-dealkylation sites (tertiary alicyclic amines) is 1. The molecule has 0 radical (unpaired) electrons. The minimum absolute atomic E-state index is 0.0372. The molecule has 1 aliphatic rings. The normalized spacial score (nSPS) is 20.8. The van der Waals surface area contributed by atoms with Gasteiger partial charge in [-0.05, 0) is 38.5 Å². The van der Waals surface area contributed by atoms with Crippen LogP contribution in [-0.4, -0.2) is 54.9 Å². The lowest BCUT2D eigenvalue weighted by molar-refractivity contribution is -0.134. The highest BCUT2D eigenvalue weighted by atomic mass is 16.5. The van der Waals surface area contributed by atoms with Crippen molar-refractivity contribution in [3.8, 4) is 0 Å². The second-order valence-corrected chi connectivity index (χ2v) is 5.14. The zero-order valence-corrected chi connectivity index (χ0v) is 11.5. The Morgan fingerprint density at radius 2 is 2.11 bits per heavy atom. The molecule has 0 saturated carbocycles. The van der Waals surface area contributed by atoms with Crippen molar-refractivity contribution in [3.05, 3.63) is 0 Å². The molecule has 1 rings (SSSR count). The van der Waals surface area contributed by atoms with Crippen molar-refractivity contribution in [1.82, 2.24) is 4.90 Å². The molecule has 1 aliphatic heterocycles. The van der Waals surface area contributed by atoms with E-state index in [1.54, 1.807) is 7.11 Å². The Kier molecular flexibility index (Phi) is 6.60.